The smallest absolute Gasteiger partial charge is 0.325 e. The number of nitrogens with zero attached hydrogens (tertiary/aromatic N) is 4. The van der Waals surface area contributed by atoms with E-state index in [0.717, 1.165) is 17.1 Å². The lowest BCUT2D eigenvalue weighted by molar-refractivity contribution is -0.137. The summed E-state index contributed by atoms with van der Waals surface area (Å²) in [4.78, 5) is 14.2. The molecule has 0 spiro atoms. The first-order valence-corrected chi connectivity index (χ1v) is 6.98. The number of sulfonamides is 1. The van der Waals surface area contributed by atoms with Crippen LogP contribution in [0.2, 0.25) is 0 Å². The van der Waals surface area contributed by atoms with Gasteiger partial charge in [0.1, 0.15) is 23.6 Å². The second-order valence-corrected chi connectivity index (χ2v) is 5.70. The number of carbonyl (C=O) groups is 1. The number of carboxylic acid groups (broad SMARTS) is 1. The van der Waals surface area contributed by atoms with E-state index >= 15 is 0 Å². The molecule has 0 saturated heterocycles. The van der Waals surface area contributed by atoms with Crippen molar-refractivity contribution in [2.45, 2.75) is 24.4 Å². The molecule has 0 aromatic carbocycles. The second-order valence-electron chi connectivity index (χ2n) is 3.98. The van der Waals surface area contributed by atoms with Crippen molar-refractivity contribution in [3.8, 4) is 0 Å². The number of carboxylic acids is 1. The zero-order valence-corrected chi connectivity index (χ0v) is 11.2. The van der Waals surface area contributed by atoms with Gasteiger partial charge in [-0.1, -0.05) is 0 Å². The van der Waals surface area contributed by atoms with Crippen LogP contribution >= 0.6 is 0 Å². The van der Waals surface area contributed by atoms with E-state index in [4.69, 9.17) is 5.11 Å². The minimum absolute atomic E-state index is 0.120. The van der Waals surface area contributed by atoms with Gasteiger partial charge in [0.25, 0.3) is 0 Å². The molecule has 0 amide bonds. The average molecular weight is 300 g/mol. The highest BCUT2D eigenvalue weighted by Gasteiger charge is 2.21. The molecule has 2 heterocycles. The van der Waals surface area contributed by atoms with Gasteiger partial charge in [0.05, 0.1) is 12.2 Å². The van der Waals surface area contributed by atoms with Gasteiger partial charge in [-0.05, 0) is 6.92 Å². The molecule has 108 valence electrons. The maximum atomic E-state index is 12.1. The SMILES string of the molecule is CC(NS(=O)(=O)c1cnn(CC(=O)O)c1)c1ncn[nH]1. The van der Waals surface area contributed by atoms with E-state index in [2.05, 4.69) is 25.0 Å². The van der Waals surface area contributed by atoms with Crippen molar-refractivity contribution in [1.82, 2.24) is 29.7 Å². The lowest BCUT2D eigenvalue weighted by Crippen LogP contribution is -2.27. The van der Waals surface area contributed by atoms with Gasteiger partial charge in [0.2, 0.25) is 10.0 Å². The minimum atomic E-state index is -3.81. The van der Waals surface area contributed by atoms with E-state index in [-0.39, 0.29) is 4.90 Å². The van der Waals surface area contributed by atoms with Crippen LogP contribution in [-0.2, 0) is 21.4 Å². The monoisotopic (exact) mass is 300 g/mol. The molecule has 20 heavy (non-hydrogen) atoms. The Morgan fingerprint density at radius 3 is 2.95 bits per heavy atom. The molecule has 1 atom stereocenters. The first-order valence-electron chi connectivity index (χ1n) is 5.50. The quantitative estimate of drug-likeness (QED) is 0.628. The normalized spacial score (nSPS) is 13.2. The van der Waals surface area contributed by atoms with Gasteiger partial charge in [0, 0.05) is 6.20 Å². The zero-order valence-electron chi connectivity index (χ0n) is 10.4. The first-order chi connectivity index (χ1) is 9.38. The van der Waals surface area contributed by atoms with Gasteiger partial charge in [-0.3, -0.25) is 14.6 Å². The van der Waals surface area contributed by atoms with Crippen molar-refractivity contribution in [1.29, 1.82) is 0 Å². The van der Waals surface area contributed by atoms with Gasteiger partial charge in [-0.25, -0.2) is 18.1 Å². The van der Waals surface area contributed by atoms with Crippen molar-refractivity contribution in [3.63, 3.8) is 0 Å². The molecule has 1 unspecified atom stereocenters. The lowest BCUT2D eigenvalue weighted by Gasteiger charge is -2.10. The Morgan fingerprint density at radius 2 is 2.35 bits per heavy atom. The predicted octanol–water partition coefficient (Wildman–Crippen LogP) is -0.875. The molecule has 2 aromatic rings. The summed E-state index contributed by atoms with van der Waals surface area (Å²) < 4.78 is 27.5. The fourth-order valence-corrected chi connectivity index (χ4v) is 2.65. The predicted molar refractivity (Wildman–Crippen MR) is 65.0 cm³/mol. The first kappa shape index (κ1) is 14.1. The van der Waals surface area contributed by atoms with Gasteiger partial charge >= 0.3 is 5.97 Å². The van der Waals surface area contributed by atoms with Crippen molar-refractivity contribution < 1.29 is 18.3 Å². The van der Waals surface area contributed by atoms with Crippen LogP contribution < -0.4 is 4.72 Å². The molecule has 0 bridgehead atoms. The van der Waals surface area contributed by atoms with Crippen LogP contribution in [0, 0.1) is 0 Å². The molecule has 2 rings (SSSR count). The van der Waals surface area contributed by atoms with Crippen molar-refractivity contribution in [3.05, 3.63) is 24.5 Å². The third-order valence-corrected chi connectivity index (χ3v) is 3.89. The standard InChI is InChI=1S/C9H12N6O4S/c1-6(9-10-5-11-13-9)14-20(18,19)7-2-12-15(3-7)4-8(16)17/h2-3,5-6,14H,4H2,1H3,(H,16,17)(H,10,11,13). The third-order valence-electron chi connectivity index (χ3n) is 2.39. The molecule has 0 saturated carbocycles. The summed E-state index contributed by atoms with van der Waals surface area (Å²) in [5, 5.41) is 18.5. The topological polar surface area (TPSA) is 143 Å². The molecule has 11 heteroatoms. The number of hydrogen-bond donors (Lipinski definition) is 3. The molecular weight excluding hydrogens is 288 g/mol. The Hall–Kier alpha value is -2.27. The zero-order chi connectivity index (χ0) is 14.8. The van der Waals surface area contributed by atoms with Gasteiger partial charge < -0.3 is 5.11 Å². The molecule has 0 fully saturated rings. The largest absolute Gasteiger partial charge is 0.480 e. The summed E-state index contributed by atoms with van der Waals surface area (Å²) in [6, 6.07) is -0.606. The summed E-state index contributed by atoms with van der Waals surface area (Å²) >= 11 is 0. The van der Waals surface area contributed by atoms with Crippen LogP contribution in [0.5, 0.6) is 0 Å². The molecule has 0 aliphatic heterocycles. The molecule has 2 aromatic heterocycles. The Balaban J connectivity index is 2.14. The minimum Gasteiger partial charge on any atom is -0.480 e. The number of rotatable bonds is 6. The van der Waals surface area contributed by atoms with Crippen LogP contribution in [-0.4, -0.2) is 44.5 Å². The highest BCUT2D eigenvalue weighted by molar-refractivity contribution is 7.89. The maximum Gasteiger partial charge on any atom is 0.325 e. The van der Waals surface area contributed by atoms with E-state index in [0.29, 0.717) is 5.82 Å². The summed E-state index contributed by atoms with van der Waals surface area (Å²) in [6.07, 6.45) is 3.49. The van der Waals surface area contributed by atoms with Crippen molar-refractivity contribution >= 4 is 16.0 Å². The van der Waals surface area contributed by atoms with Gasteiger partial charge in [-0.2, -0.15) is 10.2 Å². The van der Waals surface area contributed by atoms with Gasteiger partial charge in [0.15, 0.2) is 0 Å². The highest BCUT2D eigenvalue weighted by Crippen LogP contribution is 2.12. The Kier molecular flexibility index (Phi) is 3.81. The van der Waals surface area contributed by atoms with Crippen LogP contribution in [0.15, 0.2) is 23.6 Å². The van der Waals surface area contributed by atoms with E-state index in [9.17, 15) is 13.2 Å². The van der Waals surface area contributed by atoms with E-state index in [1.54, 1.807) is 6.92 Å². The van der Waals surface area contributed by atoms with Crippen LogP contribution in [0.1, 0.15) is 18.8 Å². The van der Waals surface area contributed by atoms with E-state index < -0.39 is 28.6 Å². The lowest BCUT2D eigenvalue weighted by atomic mass is 10.3. The fourth-order valence-electron chi connectivity index (χ4n) is 1.49. The molecule has 3 N–H and O–H groups in total. The molecule has 0 radical (unpaired) electrons. The fraction of sp³-hybridized carbons (Fsp3) is 0.333. The number of aromatic nitrogens is 5. The number of aromatic amines is 1. The second kappa shape index (κ2) is 5.38. The third kappa shape index (κ3) is 3.19. The summed E-state index contributed by atoms with van der Waals surface area (Å²) in [7, 11) is -3.81. The van der Waals surface area contributed by atoms with Gasteiger partial charge in [-0.15, -0.1) is 0 Å². The maximum absolute atomic E-state index is 12.1. The Morgan fingerprint density at radius 1 is 1.60 bits per heavy atom. The summed E-state index contributed by atoms with van der Waals surface area (Å²) in [6.45, 7) is 1.19. The summed E-state index contributed by atoms with van der Waals surface area (Å²) in [5.74, 6) is -0.744. The van der Waals surface area contributed by atoms with E-state index in [1.165, 1.54) is 6.33 Å². The molecule has 0 aliphatic rings. The van der Waals surface area contributed by atoms with Crippen LogP contribution in [0.3, 0.4) is 0 Å². The number of H-pyrrole nitrogens is 1. The average Bonchev–Trinajstić information content (AvgIpc) is 2.97. The molecule has 0 aliphatic carbocycles. The number of aliphatic carboxylic acids is 1. The number of hydrogen-bond acceptors (Lipinski definition) is 6. The van der Waals surface area contributed by atoms with E-state index in [1.807, 2.05) is 0 Å². The van der Waals surface area contributed by atoms with Crippen molar-refractivity contribution in [2.24, 2.45) is 0 Å². The Labute approximate surface area is 113 Å². The Bertz CT molecular complexity index is 692. The molecular formula is C9H12N6O4S. The number of nitrogens with one attached hydrogen (secondary N) is 2. The highest BCUT2D eigenvalue weighted by atomic mass is 32.2. The summed E-state index contributed by atoms with van der Waals surface area (Å²) in [5.41, 5.74) is 0. The van der Waals surface area contributed by atoms with Crippen LogP contribution in [0.4, 0.5) is 0 Å². The molecule has 10 nitrogen and oxygen atoms in total. The van der Waals surface area contributed by atoms with Crippen molar-refractivity contribution in [2.75, 3.05) is 0 Å². The van der Waals surface area contributed by atoms with Crippen LogP contribution in [0.25, 0.3) is 0 Å².